The molecule has 10 aromatic carbocycles. The van der Waals surface area contributed by atoms with E-state index in [0.29, 0.717) is 17.5 Å². The summed E-state index contributed by atoms with van der Waals surface area (Å²) in [5.41, 5.74) is 11.0. The smallest absolute Gasteiger partial charge is 0.164 e. The van der Waals surface area contributed by atoms with Crippen molar-refractivity contribution in [1.82, 2.24) is 24.1 Å². The van der Waals surface area contributed by atoms with Crippen LogP contribution in [-0.4, -0.2) is 24.1 Å². The topological polar surface area (TPSA) is 61.7 Å². The first kappa shape index (κ1) is 35.7. The minimum atomic E-state index is 0.576. The van der Waals surface area contributed by atoms with E-state index in [-0.39, 0.29) is 0 Å². The van der Waals surface area contributed by atoms with Gasteiger partial charge in [-0.2, -0.15) is 0 Å². The molecule has 14 rings (SSSR count). The van der Waals surface area contributed by atoms with Crippen LogP contribution in [0.2, 0.25) is 0 Å². The maximum absolute atomic E-state index is 6.84. The summed E-state index contributed by atoms with van der Waals surface area (Å²) in [5.74, 6) is 1.80. The molecule has 0 bridgehead atoms. The van der Waals surface area contributed by atoms with E-state index in [0.717, 1.165) is 77.3 Å². The fraction of sp³-hybridized carbons (Fsp3) is 0. The lowest BCUT2D eigenvalue weighted by Crippen LogP contribution is -2.00. The molecule has 6 nitrogen and oxygen atoms in total. The third-order valence-electron chi connectivity index (χ3n) is 13.1. The van der Waals surface area contributed by atoms with Gasteiger partial charge in [0, 0.05) is 49.3 Å². The molecule has 4 aromatic heterocycles. The highest BCUT2D eigenvalue weighted by Crippen LogP contribution is 2.44. The van der Waals surface area contributed by atoms with E-state index in [9.17, 15) is 0 Å². The highest BCUT2D eigenvalue weighted by atomic mass is 16.3. The summed E-state index contributed by atoms with van der Waals surface area (Å²) < 4.78 is 11.7. The van der Waals surface area contributed by atoms with Crippen molar-refractivity contribution in [3.8, 4) is 45.5 Å². The van der Waals surface area contributed by atoms with Gasteiger partial charge in [-0.1, -0.05) is 152 Å². The van der Waals surface area contributed by atoms with Gasteiger partial charge in [-0.05, 0) is 82.2 Å². The number of furan rings is 1. The summed E-state index contributed by atoms with van der Waals surface area (Å²) in [4.78, 5) is 15.4. The number of para-hydroxylation sites is 3. The standard InChI is InChI=1S/C59H35N5O/c1-2-17-43(18-3-1)63-49-21-10-8-19-44(49)46-31-32-47-45-20-9-11-22-50(45)64(56(47)55(46)63)51-23-12-24-52-54(51)48-30-29-42(35-53(48)65-52)59-61-57(40-27-25-36-13-4-6-15-38(36)33-40)60-58(62-59)41-28-26-37-14-5-7-16-39(37)34-41/h1-35H. The van der Waals surface area contributed by atoms with Gasteiger partial charge in [-0.3, -0.25) is 0 Å². The SMILES string of the molecule is c1ccc(-n2c3ccccc3c3ccc4c5ccccc5n(-c5cccc6oc7cc(-c8nc(-c9ccc%10ccccc%10c9)nc(-c9ccc%10ccccc%10c9)n8)ccc7c56)c4c32)cc1. The van der Waals surface area contributed by atoms with Crippen molar-refractivity contribution in [3.05, 3.63) is 212 Å². The van der Waals surface area contributed by atoms with Crippen LogP contribution in [0.4, 0.5) is 0 Å². The van der Waals surface area contributed by atoms with Gasteiger partial charge in [0.2, 0.25) is 0 Å². The van der Waals surface area contributed by atoms with E-state index < -0.39 is 0 Å². The van der Waals surface area contributed by atoms with Gasteiger partial charge in [0.05, 0.1) is 33.1 Å². The molecular formula is C59H35N5O. The van der Waals surface area contributed by atoms with Gasteiger partial charge in [0.1, 0.15) is 11.2 Å². The van der Waals surface area contributed by atoms with E-state index in [1.165, 1.54) is 37.8 Å². The molecule has 0 saturated carbocycles. The van der Waals surface area contributed by atoms with Crippen LogP contribution in [-0.2, 0) is 0 Å². The predicted octanol–water partition coefficient (Wildman–Crippen LogP) is 15.3. The van der Waals surface area contributed by atoms with Crippen molar-refractivity contribution in [2.45, 2.75) is 0 Å². The van der Waals surface area contributed by atoms with Gasteiger partial charge in [-0.15, -0.1) is 0 Å². The Hall–Kier alpha value is -8.87. The lowest BCUT2D eigenvalue weighted by Gasteiger charge is -2.13. The zero-order valence-corrected chi connectivity index (χ0v) is 34.9. The summed E-state index contributed by atoms with van der Waals surface area (Å²) in [6.45, 7) is 0. The zero-order valence-electron chi connectivity index (χ0n) is 34.9. The number of benzene rings is 10. The quantitative estimate of drug-likeness (QED) is 0.173. The third-order valence-corrected chi connectivity index (χ3v) is 13.1. The molecular weight excluding hydrogens is 795 g/mol. The number of rotatable bonds is 5. The molecule has 0 unspecified atom stereocenters. The average molecular weight is 830 g/mol. The second kappa shape index (κ2) is 13.8. The Labute approximate surface area is 371 Å². The number of aromatic nitrogens is 5. The normalized spacial score (nSPS) is 12.0. The second-order valence-electron chi connectivity index (χ2n) is 16.8. The first-order valence-electron chi connectivity index (χ1n) is 21.9. The Balaban J connectivity index is 0.998. The monoisotopic (exact) mass is 829 g/mol. The van der Waals surface area contributed by atoms with Crippen LogP contribution in [0.1, 0.15) is 0 Å². The van der Waals surface area contributed by atoms with E-state index in [1.54, 1.807) is 0 Å². The maximum atomic E-state index is 6.84. The van der Waals surface area contributed by atoms with E-state index in [4.69, 9.17) is 19.4 Å². The Kier molecular flexibility index (Phi) is 7.59. The number of hydrogen-bond donors (Lipinski definition) is 0. The Morgan fingerprint density at radius 2 is 0.815 bits per heavy atom. The Morgan fingerprint density at radius 3 is 1.45 bits per heavy atom. The van der Waals surface area contributed by atoms with Crippen molar-refractivity contribution in [2.75, 3.05) is 0 Å². The van der Waals surface area contributed by atoms with Crippen molar-refractivity contribution >= 4 is 87.1 Å². The van der Waals surface area contributed by atoms with E-state index >= 15 is 0 Å². The summed E-state index contributed by atoms with van der Waals surface area (Å²) >= 11 is 0. The number of hydrogen-bond acceptors (Lipinski definition) is 4. The number of nitrogens with zero attached hydrogens (tertiary/aromatic N) is 5. The molecule has 0 aliphatic carbocycles. The van der Waals surface area contributed by atoms with Crippen LogP contribution in [0, 0.1) is 0 Å². The molecule has 14 aromatic rings. The fourth-order valence-electron chi connectivity index (χ4n) is 10.1. The average Bonchev–Trinajstić information content (AvgIpc) is 4.04. The molecule has 4 heterocycles. The van der Waals surface area contributed by atoms with Crippen LogP contribution < -0.4 is 0 Å². The first-order chi connectivity index (χ1) is 32.2. The van der Waals surface area contributed by atoms with E-state index in [1.807, 2.05) is 0 Å². The number of fused-ring (bicyclic) bond motifs is 12. The molecule has 0 aliphatic heterocycles. The summed E-state index contributed by atoms with van der Waals surface area (Å²) in [5, 5.41) is 11.5. The van der Waals surface area contributed by atoms with Gasteiger partial charge >= 0.3 is 0 Å². The van der Waals surface area contributed by atoms with Crippen molar-refractivity contribution < 1.29 is 4.42 Å². The van der Waals surface area contributed by atoms with Crippen molar-refractivity contribution in [2.24, 2.45) is 0 Å². The van der Waals surface area contributed by atoms with Gasteiger partial charge in [0.25, 0.3) is 0 Å². The second-order valence-corrected chi connectivity index (χ2v) is 16.8. The van der Waals surface area contributed by atoms with Crippen molar-refractivity contribution in [1.29, 1.82) is 0 Å². The summed E-state index contributed by atoms with van der Waals surface area (Å²) in [6, 6.07) is 75.0. The van der Waals surface area contributed by atoms with Gasteiger partial charge < -0.3 is 13.6 Å². The minimum Gasteiger partial charge on any atom is -0.456 e. The first-order valence-corrected chi connectivity index (χ1v) is 21.9. The third kappa shape index (κ3) is 5.44. The van der Waals surface area contributed by atoms with Crippen LogP contribution in [0.3, 0.4) is 0 Å². The lowest BCUT2D eigenvalue weighted by atomic mass is 10.1. The molecule has 0 fully saturated rings. The summed E-state index contributed by atoms with van der Waals surface area (Å²) in [6.07, 6.45) is 0. The highest BCUT2D eigenvalue weighted by molar-refractivity contribution is 6.25. The molecule has 0 atom stereocenters. The fourth-order valence-corrected chi connectivity index (χ4v) is 10.1. The van der Waals surface area contributed by atoms with Gasteiger partial charge in [0.15, 0.2) is 17.5 Å². The molecule has 302 valence electrons. The van der Waals surface area contributed by atoms with Crippen LogP contribution in [0.15, 0.2) is 217 Å². The minimum absolute atomic E-state index is 0.576. The molecule has 0 aliphatic rings. The zero-order chi connectivity index (χ0) is 42.6. The Bertz CT molecular complexity index is 4160. The predicted molar refractivity (Wildman–Crippen MR) is 267 cm³/mol. The largest absolute Gasteiger partial charge is 0.456 e. The highest BCUT2D eigenvalue weighted by Gasteiger charge is 2.24. The lowest BCUT2D eigenvalue weighted by molar-refractivity contribution is 0.669. The van der Waals surface area contributed by atoms with Crippen LogP contribution in [0.25, 0.3) is 133 Å². The summed E-state index contributed by atoms with van der Waals surface area (Å²) in [7, 11) is 0. The molecule has 0 N–H and O–H groups in total. The molecule has 0 amide bonds. The van der Waals surface area contributed by atoms with Crippen molar-refractivity contribution in [3.63, 3.8) is 0 Å². The Morgan fingerprint density at radius 1 is 0.323 bits per heavy atom. The molecule has 0 spiro atoms. The maximum Gasteiger partial charge on any atom is 0.164 e. The van der Waals surface area contributed by atoms with Crippen LogP contribution >= 0.6 is 0 Å². The molecule has 6 heteroatoms. The molecule has 0 radical (unpaired) electrons. The van der Waals surface area contributed by atoms with Gasteiger partial charge in [-0.25, -0.2) is 15.0 Å². The van der Waals surface area contributed by atoms with Crippen LogP contribution in [0.5, 0.6) is 0 Å². The van der Waals surface area contributed by atoms with E-state index in [2.05, 4.69) is 221 Å². The molecule has 0 saturated heterocycles. The molecule has 65 heavy (non-hydrogen) atoms.